The standard InChI is InChI=1S/C28H27FN4O6S/c1-17-22-6-8-25-28(17)30-31-33(25)10-2-3-11-38-21-5-9-26-20(13-21)16-32(40(36,37)39-26)15-19-12-18(4-7-24(19)29)23(22)14-27(34)35/h4-9,12-13,23H,2-3,10-11,14-16H2,1H3,(H,34,35). The molecule has 0 fully saturated rings. The molecule has 4 heterocycles. The van der Waals surface area contributed by atoms with E-state index in [-0.39, 0.29) is 30.8 Å². The second-order valence-electron chi connectivity index (χ2n) is 10.1. The van der Waals surface area contributed by atoms with Gasteiger partial charge in [-0.25, -0.2) is 9.07 Å². The lowest BCUT2D eigenvalue weighted by molar-refractivity contribution is -0.137. The van der Waals surface area contributed by atoms with E-state index >= 15 is 4.39 Å². The predicted molar refractivity (Wildman–Crippen MR) is 143 cm³/mol. The van der Waals surface area contributed by atoms with Crippen LogP contribution in [-0.4, -0.2) is 45.4 Å². The van der Waals surface area contributed by atoms with Gasteiger partial charge in [-0.15, -0.1) is 5.10 Å². The van der Waals surface area contributed by atoms with Crippen LogP contribution in [0.1, 0.15) is 53.0 Å². The fourth-order valence-corrected chi connectivity index (χ4v) is 6.49. The van der Waals surface area contributed by atoms with Crippen molar-refractivity contribution in [2.45, 2.75) is 51.7 Å². The van der Waals surface area contributed by atoms with Gasteiger partial charge in [0.2, 0.25) is 0 Å². The van der Waals surface area contributed by atoms with Crippen molar-refractivity contribution >= 4 is 27.3 Å². The van der Waals surface area contributed by atoms with E-state index in [9.17, 15) is 18.3 Å². The van der Waals surface area contributed by atoms with Crippen molar-refractivity contribution in [3.8, 4) is 11.5 Å². The summed E-state index contributed by atoms with van der Waals surface area (Å²) in [4.78, 5) is 11.9. The zero-order chi connectivity index (χ0) is 28.0. The molecule has 0 aliphatic carbocycles. The molecule has 9 bridgehead atoms. The average molecular weight is 567 g/mol. The number of rotatable bonds is 2. The summed E-state index contributed by atoms with van der Waals surface area (Å²) in [7, 11) is -4.19. The lowest BCUT2D eigenvalue weighted by Gasteiger charge is -2.28. The van der Waals surface area contributed by atoms with Crippen molar-refractivity contribution in [1.29, 1.82) is 0 Å². The molecule has 40 heavy (non-hydrogen) atoms. The first-order valence-corrected chi connectivity index (χ1v) is 14.3. The molecule has 208 valence electrons. The van der Waals surface area contributed by atoms with Crippen LogP contribution < -0.4 is 8.92 Å². The number of hydrogen-bond acceptors (Lipinski definition) is 7. The Kier molecular flexibility index (Phi) is 6.67. The largest absolute Gasteiger partial charge is 0.494 e. The number of aromatic nitrogens is 3. The van der Waals surface area contributed by atoms with E-state index in [2.05, 4.69) is 10.3 Å². The average Bonchev–Trinajstić information content (AvgIpc) is 3.32. The highest BCUT2D eigenvalue weighted by atomic mass is 32.2. The Hall–Kier alpha value is -4.03. The van der Waals surface area contributed by atoms with E-state index in [0.717, 1.165) is 33.8 Å². The monoisotopic (exact) mass is 566 g/mol. The number of halogens is 1. The highest BCUT2D eigenvalue weighted by Gasteiger charge is 2.33. The third-order valence-electron chi connectivity index (χ3n) is 7.48. The zero-order valence-corrected chi connectivity index (χ0v) is 22.5. The summed E-state index contributed by atoms with van der Waals surface area (Å²) >= 11 is 0. The van der Waals surface area contributed by atoms with Gasteiger partial charge in [0.1, 0.15) is 22.8 Å². The molecular formula is C28H27FN4O6S. The summed E-state index contributed by atoms with van der Waals surface area (Å²) in [6.07, 6.45) is 1.30. The molecule has 0 saturated carbocycles. The molecule has 1 N–H and O–H groups in total. The minimum atomic E-state index is -4.19. The van der Waals surface area contributed by atoms with Gasteiger partial charge >= 0.3 is 16.3 Å². The van der Waals surface area contributed by atoms with Gasteiger partial charge in [0.25, 0.3) is 0 Å². The Labute approximate surface area is 230 Å². The molecule has 10 nitrogen and oxygen atoms in total. The third kappa shape index (κ3) is 4.88. The van der Waals surface area contributed by atoms with Crippen molar-refractivity contribution in [3.05, 3.63) is 82.2 Å². The van der Waals surface area contributed by atoms with E-state index in [4.69, 9.17) is 8.92 Å². The lowest BCUT2D eigenvalue weighted by Crippen LogP contribution is -2.37. The maximum Gasteiger partial charge on any atom is 0.385 e. The van der Waals surface area contributed by atoms with Crippen LogP contribution in [0, 0.1) is 12.7 Å². The highest BCUT2D eigenvalue weighted by molar-refractivity contribution is 7.84. The van der Waals surface area contributed by atoms with Crippen LogP contribution in [-0.2, 0) is 34.7 Å². The van der Waals surface area contributed by atoms with Crippen LogP contribution in [0.15, 0.2) is 48.5 Å². The number of carboxylic acid groups (broad SMARTS) is 1. The Bertz CT molecular complexity index is 1740. The van der Waals surface area contributed by atoms with Crippen molar-refractivity contribution in [2.75, 3.05) is 6.61 Å². The molecule has 2 atom stereocenters. The molecule has 3 aliphatic heterocycles. The van der Waals surface area contributed by atoms with E-state index in [0.29, 0.717) is 35.5 Å². The van der Waals surface area contributed by atoms with Gasteiger partial charge in [-0.1, -0.05) is 23.4 Å². The van der Waals surface area contributed by atoms with Crippen LogP contribution in [0.5, 0.6) is 11.5 Å². The fourth-order valence-electron chi connectivity index (χ4n) is 5.40. The molecule has 12 heteroatoms. The molecule has 7 rings (SSSR count). The molecule has 0 amide bonds. The number of hydrogen-bond donors (Lipinski definition) is 1. The number of fused-ring (bicyclic) bond motifs is 5. The van der Waals surface area contributed by atoms with Crippen molar-refractivity contribution < 1.29 is 31.6 Å². The van der Waals surface area contributed by atoms with Crippen molar-refractivity contribution in [2.24, 2.45) is 0 Å². The molecular weight excluding hydrogens is 539 g/mol. The van der Waals surface area contributed by atoms with Gasteiger partial charge < -0.3 is 14.0 Å². The number of benzene rings is 3. The van der Waals surface area contributed by atoms with Gasteiger partial charge in [-0.05, 0) is 66.8 Å². The third-order valence-corrected chi connectivity index (χ3v) is 8.76. The fraction of sp³-hybridized carbons (Fsp3) is 0.321. The quantitative estimate of drug-likeness (QED) is 0.381. The predicted octanol–water partition coefficient (Wildman–Crippen LogP) is 4.30. The van der Waals surface area contributed by atoms with Crippen LogP contribution in [0.4, 0.5) is 4.39 Å². The van der Waals surface area contributed by atoms with Crippen LogP contribution in [0.3, 0.4) is 0 Å². The minimum Gasteiger partial charge on any atom is -0.494 e. The first kappa shape index (κ1) is 26.2. The summed E-state index contributed by atoms with van der Waals surface area (Å²) in [6.45, 7) is 2.63. The normalized spacial score (nSPS) is 20.2. The van der Waals surface area contributed by atoms with Crippen molar-refractivity contribution in [1.82, 2.24) is 19.3 Å². The molecule has 3 aromatic carbocycles. The summed E-state index contributed by atoms with van der Waals surface area (Å²) in [5.41, 5.74) is 4.29. The van der Waals surface area contributed by atoms with Gasteiger partial charge in [-0.3, -0.25) is 4.79 Å². The number of ether oxygens (including phenoxy) is 1. The number of aryl methyl sites for hydroxylation is 2. The first-order chi connectivity index (χ1) is 19.2. The van der Waals surface area contributed by atoms with Gasteiger partial charge in [0.05, 0.1) is 18.5 Å². The molecule has 4 aromatic rings. The number of aliphatic carboxylic acids is 1. The van der Waals surface area contributed by atoms with E-state index in [1.165, 1.54) is 12.1 Å². The van der Waals surface area contributed by atoms with Gasteiger partial charge in [0, 0.05) is 36.7 Å². The molecule has 3 aliphatic rings. The van der Waals surface area contributed by atoms with E-state index < -0.39 is 28.0 Å². The number of carboxylic acids is 1. The first-order valence-electron chi connectivity index (χ1n) is 13.0. The second kappa shape index (κ2) is 10.2. The smallest absolute Gasteiger partial charge is 0.385 e. The summed E-state index contributed by atoms with van der Waals surface area (Å²) < 4.78 is 55.1. The summed E-state index contributed by atoms with van der Waals surface area (Å²) in [5.74, 6) is -1.46. The molecule has 0 saturated heterocycles. The number of carbonyl (C=O) groups is 1. The lowest BCUT2D eigenvalue weighted by atomic mass is 9.85. The maximum absolute atomic E-state index is 15.1. The Balaban J connectivity index is 1.47. The van der Waals surface area contributed by atoms with Crippen LogP contribution >= 0.6 is 0 Å². The van der Waals surface area contributed by atoms with Crippen molar-refractivity contribution in [3.63, 3.8) is 0 Å². The summed E-state index contributed by atoms with van der Waals surface area (Å²) in [6, 6.07) is 13.0. The van der Waals surface area contributed by atoms with E-state index in [1.54, 1.807) is 24.3 Å². The van der Waals surface area contributed by atoms with Crippen LogP contribution in [0.25, 0.3) is 11.0 Å². The topological polar surface area (TPSA) is 124 Å². The SMILES string of the molecule is Cc1c2ccc3c1nnn3CCCCOc1ccc3c(c1)CN(Cc1cc(ccc1F)C2CC(=O)O)S(=O)(=O)O3. The summed E-state index contributed by atoms with van der Waals surface area (Å²) in [5, 5.41) is 18.5. The molecule has 0 spiro atoms. The molecule has 1 aromatic heterocycles. The Morgan fingerprint density at radius 2 is 1.93 bits per heavy atom. The Morgan fingerprint density at radius 3 is 2.75 bits per heavy atom. The van der Waals surface area contributed by atoms with Gasteiger partial charge in [-0.2, -0.15) is 12.7 Å². The number of nitrogens with zero attached hydrogens (tertiary/aromatic N) is 4. The van der Waals surface area contributed by atoms with Gasteiger partial charge in [0.15, 0.2) is 0 Å². The zero-order valence-electron chi connectivity index (χ0n) is 21.7. The molecule has 2 unspecified atom stereocenters. The highest BCUT2D eigenvalue weighted by Crippen LogP contribution is 2.36. The van der Waals surface area contributed by atoms with Crippen LogP contribution in [0.2, 0.25) is 0 Å². The molecule has 0 radical (unpaired) electrons. The Morgan fingerprint density at radius 1 is 1.10 bits per heavy atom. The van der Waals surface area contributed by atoms with E-state index in [1.807, 2.05) is 23.7 Å². The second-order valence-corrected chi connectivity index (χ2v) is 11.6. The minimum absolute atomic E-state index is 0.0288. The maximum atomic E-state index is 15.1.